The molecule has 3 N–H and O–H groups in total. The Hall–Kier alpha value is -3.53. The van der Waals surface area contributed by atoms with Gasteiger partial charge in [0.15, 0.2) is 0 Å². The summed E-state index contributed by atoms with van der Waals surface area (Å²) >= 11 is 4.90. The molecule has 2 aromatic rings. The number of alkyl halides is 6. The molecule has 176 valence electrons. The summed E-state index contributed by atoms with van der Waals surface area (Å²) in [6, 6.07) is 8.32. The Morgan fingerprint density at radius 3 is 2.36 bits per heavy atom. The van der Waals surface area contributed by atoms with E-state index in [1.807, 2.05) is 0 Å². The summed E-state index contributed by atoms with van der Waals surface area (Å²) < 4.78 is 86.2. The topological polar surface area (TPSA) is 97.4 Å². The third kappa shape index (κ3) is 6.98. The predicted octanol–water partition coefficient (Wildman–Crippen LogP) is 4.33. The number of carbonyl (C=O) groups excluding carboxylic acids is 1. The molecular formula is C20H15F6N3O3S. The quantitative estimate of drug-likeness (QED) is 0.442. The van der Waals surface area contributed by atoms with Crippen molar-refractivity contribution in [1.29, 1.82) is 5.26 Å². The number of nitriles is 1. The monoisotopic (exact) mass is 491 g/mol. The van der Waals surface area contributed by atoms with E-state index < -0.39 is 47.7 Å². The fraction of sp³-hybridized carbons (Fsp3) is 0.250. The number of amides is 1. The number of ether oxygens (including phenoxy) is 2. The Morgan fingerprint density at radius 1 is 1.15 bits per heavy atom. The second kappa shape index (κ2) is 9.53. The van der Waals surface area contributed by atoms with Crippen LogP contribution in [0.4, 0.5) is 26.3 Å². The van der Waals surface area contributed by atoms with E-state index >= 15 is 0 Å². The van der Waals surface area contributed by atoms with Gasteiger partial charge in [-0.25, -0.2) is 0 Å². The Bertz CT molecular complexity index is 1100. The fourth-order valence-corrected chi connectivity index (χ4v) is 2.60. The van der Waals surface area contributed by atoms with Gasteiger partial charge in [-0.2, -0.15) is 18.4 Å². The molecule has 0 fully saturated rings. The lowest BCUT2D eigenvalue weighted by molar-refractivity contribution is -0.274. The molecule has 0 radical (unpaired) electrons. The smallest absolute Gasteiger partial charge is 0.490 e. The Balaban J connectivity index is 2.25. The molecule has 2 rings (SSSR count). The van der Waals surface area contributed by atoms with Crippen LogP contribution in [-0.2, 0) is 6.18 Å². The number of rotatable bonds is 7. The van der Waals surface area contributed by atoms with Crippen molar-refractivity contribution in [1.82, 2.24) is 5.32 Å². The number of carbonyl (C=O) groups is 1. The average molecular weight is 491 g/mol. The first kappa shape index (κ1) is 25.7. The summed E-state index contributed by atoms with van der Waals surface area (Å²) in [7, 11) is 0. The van der Waals surface area contributed by atoms with Gasteiger partial charge in [-0.15, -0.1) is 13.2 Å². The maximum Gasteiger partial charge on any atom is 0.573 e. The summed E-state index contributed by atoms with van der Waals surface area (Å²) in [6.45, 7) is 0.613. The molecule has 1 unspecified atom stereocenters. The SMILES string of the molecule is CC(COc1ccc(C#N)cc1C(F)(F)F)(NC(=O)c1cccc(OC(F)(F)F)c1)C(N)=S. The molecule has 1 amide bonds. The number of thiocarbonyl (C=S) groups is 1. The molecule has 0 saturated carbocycles. The lowest BCUT2D eigenvalue weighted by Gasteiger charge is -2.30. The summed E-state index contributed by atoms with van der Waals surface area (Å²) in [5.41, 5.74) is 2.22. The Kier molecular flexibility index (Phi) is 7.43. The van der Waals surface area contributed by atoms with E-state index in [-0.39, 0.29) is 16.1 Å². The van der Waals surface area contributed by atoms with Crippen LogP contribution >= 0.6 is 12.2 Å². The van der Waals surface area contributed by atoms with Crippen molar-refractivity contribution >= 4 is 23.1 Å². The summed E-state index contributed by atoms with van der Waals surface area (Å²) in [4.78, 5) is 12.2. The lowest BCUT2D eigenvalue weighted by Crippen LogP contribution is -2.58. The van der Waals surface area contributed by atoms with Crippen molar-refractivity contribution in [2.24, 2.45) is 5.73 Å². The van der Waals surface area contributed by atoms with Gasteiger partial charge in [0.25, 0.3) is 5.91 Å². The first-order valence-electron chi connectivity index (χ1n) is 8.87. The molecule has 1 atom stereocenters. The molecule has 0 aliphatic carbocycles. The van der Waals surface area contributed by atoms with Crippen molar-refractivity contribution in [3.8, 4) is 17.6 Å². The highest BCUT2D eigenvalue weighted by Crippen LogP contribution is 2.37. The van der Waals surface area contributed by atoms with Crippen LogP contribution in [0.15, 0.2) is 42.5 Å². The van der Waals surface area contributed by atoms with Crippen molar-refractivity contribution in [3.63, 3.8) is 0 Å². The fourth-order valence-electron chi connectivity index (χ4n) is 2.50. The Morgan fingerprint density at radius 2 is 1.82 bits per heavy atom. The highest BCUT2D eigenvalue weighted by Gasteiger charge is 2.37. The number of nitrogens with zero attached hydrogens (tertiary/aromatic N) is 1. The van der Waals surface area contributed by atoms with E-state index in [0.717, 1.165) is 30.3 Å². The zero-order valence-corrected chi connectivity index (χ0v) is 17.5. The molecule has 0 heterocycles. The van der Waals surface area contributed by atoms with Crippen molar-refractivity contribution in [2.45, 2.75) is 25.0 Å². The molecule has 2 aromatic carbocycles. The van der Waals surface area contributed by atoms with Crippen LogP contribution in [0.1, 0.15) is 28.4 Å². The van der Waals surface area contributed by atoms with Gasteiger partial charge in [0.1, 0.15) is 28.6 Å². The van der Waals surface area contributed by atoms with Gasteiger partial charge in [-0.05, 0) is 43.3 Å². The first-order valence-corrected chi connectivity index (χ1v) is 9.28. The molecule has 0 aliphatic heterocycles. The lowest BCUT2D eigenvalue weighted by atomic mass is 10.0. The van der Waals surface area contributed by atoms with E-state index in [1.54, 1.807) is 6.07 Å². The number of hydrogen-bond donors (Lipinski definition) is 2. The normalized spacial score (nSPS) is 13.4. The second-order valence-electron chi connectivity index (χ2n) is 6.84. The van der Waals surface area contributed by atoms with Crippen LogP contribution in [-0.4, -0.2) is 29.4 Å². The van der Waals surface area contributed by atoms with E-state index in [9.17, 15) is 31.1 Å². The second-order valence-corrected chi connectivity index (χ2v) is 7.28. The molecule has 33 heavy (non-hydrogen) atoms. The molecule has 0 spiro atoms. The minimum atomic E-state index is -4.98. The maximum absolute atomic E-state index is 13.3. The molecule has 0 bridgehead atoms. The zero-order chi connectivity index (χ0) is 25.0. The molecule has 0 aliphatic rings. The minimum Gasteiger partial charge on any atom is -0.490 e. The molecule has 0 aromatic heterocycles. The largest absolute Gasteiger partial charge is 0.573 e. The number of benzene rings is 2. The van der Waals surface area contributed by atoms with Crippen LogP contribution in [0.25, 0.3) is 0 Å². The molecular weight excluding hydrogens is 476 g/mol. The highest BCUT2D eigenvalue weighted by atomic mass is 32.1. The van der Waals surface area contributed by atoms with Crippen LogP contribution < -0.4 is 20.5 Å². The van der Waals surface area contributed by atoms with Crippen molar-refractivity contribution in [3.05, 3.63) is 59.2 Å². The van der Waals surface area contributed by atoms with Gasteiger partial charge in [0.05, 0.1) is 17.2 Å². The van der Waals surface area contributed by atoms with Crippen LogP contribution in [0.2, 0.25) is 0 Å². The average Bonchev–Trinajstić information content (AvgIpc) is 2.70. The number of nitrogens with two attached hydrogens (primary N) is 1. The van der Waals surface area contributed by atoms with Crippen molar-refractivity contribution < 1.29 is 40.6 Å². The van der Waals surface area contributed by atoms with Gasteiger partial charge < -0.3 is 20.5 Å². The first-order chi connectivity index (χ1) is 15.1. The van der Waals surface area contributed by atoms with Gasteiger partial charge in [-0.1, -0.05) is 18.3 Å². The summed E-state index contributed by atoms with van der Waals surface area (Å²) in [5.74, 6) is -2.23. The van der Waals surface area contributed by atoms with Gasteiger partial charge >= 0.3 is 12.5 Å². The molecule has 6 nitrogen and oxygen atoms in total. The van der Waals surface area contributed by atoms with E-state index in [0.29, 0.717) is 6.07 Å². The zero-order valence-electron chi connectivity index (χ0n) is 16.7. The summed E-state index contributed by atoms with van der Waals surface area (Å²) in [6.07, 6.45) is -9.82. The maximum atomic E-state index is 13.3. The minimum absolute atomic E-state index is 0.249. The van der Waals surface area contributed by atoms with E-state index in [2.05, 4.69) is 10.1 Å². The standard InChI is InChI=1S/C20H15F6N3O3S/c1-18(17(28)33,10-31-15-6-5-11(9-27)7-14(15)19(21,22)23)29-16(30)12-3-2-4-13(8-12)32-20(24,25)26/h2-8H,10H2,1H3,(H2,28,33)(H,29,30). The number of halogens is 6. The van der Waals surface area contributed by atoms with Crippen LogP contribution in [0, 0.1) is 11.3 Å². The van der Waals surface area contributed by atoms with E-state index in [1.165, 1.54) is 13.0 Å². The highest BCUT2D eigenvalue weighted by molar-refractivity contribution is 7.80. The number of hydrogen-bond acceptors (Lipinski definition) is 5. The predicted molar refractivity (Wildman–Crippen MR) is 107 cm³/mol. The van der Waals surface area contributed by atoms with Crippen molar-refractivity contribution in [2.75, 3.05) is 6.61 Å². The molecule has 13 heteroatoms. The van der Waals surface area contributed by atoms with Gasteiger partial charge in [-0.3, -0.25) is 4.79 Å². The third-order valence-corrected chi connectivity index (χ3v) is 4.64. The third-order valence-electron chi connectivity index (χ3n) is 4.19. The van der Waals surface area contributed by atoms with Crippen LogP contribution in [0.5, 0.6) is 11.5 Å². The van der Waals surface area contributed by atoms with Gasteiger partial charge in [0, 0.05) is 5.56 Å². The molecule has 0 saturated heterocycles. The summed E-state index contributed by atoms with van der Waals surface area (Å²) in [5, 5.41) is 11.2. The van der Waals surface area contributed by atoms with Crippen LogP contribution in [0.3, 0.4) is 0 Å². The van der Waals surface area contributed by atoms with Gasteiger partial charge in [0.2, 0.25) is 0 Å². The van der Waals surface area contributed by atoms with E-state index in [4.69, 9.17) is 28.0 Å². The number of nitrogens with one attached hydrogen (secondary N) is 1. The Labute approximate surface area is 188 Å².